The Balaban J connectivity index is 2.40. The number of rotatable bonds is 10. The zero-order chi connectivity index (χ0) is 14.8. The molecule has 0 aliphatic rings. The Bertz CT molecular complexity index is 399. The van der Waals surface area contributed by atoms with Gasteiger partial charge in [0.25, 0.3) is 0 Å². The Kier molecular flexibility index (Phi) is 8.65. The van der Waals surface area contributed by atoms with Gasteiger partial charge in [-0.1, -0.05) is 22.9 Å². The Morgan fingerprint density at radius 3 is 2.45 bits per heavy atom. The fraction of sp³-hybridized carbons (Fsp3) is 0.600. The predicted octanol–water partition coefficient (Wildman–Crippen LogP) is 3.37. The zero-order valence-electron chi connectivity index (χ0n) is 12.5. The molecule has 0 atom stereocenters. The lowest BCUT2D eigenvalue weighted by atomic mass is 10.2. The normalized spacial score (nSPS) is 10.6. The van der Waals surface area contributed by atoms with E-state index in [0.29, 0.717) is 0 Å². The molecule has 0 saturated heterocycles. The van der Waals surface area contributed by atoms with Crippen molar-refractivity contribution in [3.8, 4) is 11.5 Å². The first-order valence-corrected chi connectivity index (χ1v) is 7.71. The second-order valence-corrected chi connectivity index (χ2v) is 5.30. The van der Waals surface area contributed by atoms with Crippen LogP contribution in [0.25, 0.3) is 0 Å². The summed E-state index contributed by atoms with van der Waals surface area (Å²) >= 11 is 3.55. The van der Waals surface area contributed by atoms with Gasteiger partial charge >= 0.3 is 0 Å². The van der Waals surface area contributed by atoms with E-state index in [0.717, 1.165) is 60.7 Å². The van der Waals surface area contributed by atoms with Crippen LogP contribution in [0.15, 0.2) is 16.6 Å². The summed E-state index contributed by atoms with van der Waals surface area (Å²) in [5, 5.41) is 3.40. The summed E-state index contributed by atoms with van der Waals surface area (Å²) < 4.78 is 17.0. The van der Waals surface area contributed by atoms with Gasteiger partial charge in [-0.3, -0.25) is 0 Å². The molecule has 114 valence electrons. The number of ether oxygens (including phenoxy) is 3. The first-order chi connectivity index (χ1) is 9.72. The largest absolute Gasteiger partial charge is 0.493 e. The van der Waals surface area contributed by atoms with Gasteiger partial charge in [-0.2, -0.15) is 0 Å². The molecule has 0 fully saturated rings. The quantitative estimate of drug-likeness (QED) is 0.660. The van der Waals surface area contributed by atoms with E-state index in [1.54, 1.807) is 14.2 Å². The molecule has 0 radical (unpaired) electrons. The highest BCUT2D eigenvalue weighted by Gasteiger charge is 2.09. The van der Waals surface area contributed by atoms with E-state index < -0.39 is 0 Å². The first kappa shape index (κ1) is 17.3. The van der Waals surface area contributed by atoms with Gasteiger partial charge in [0, 0.05) is 24.2 Å². The SMILES string of the molecule is CCCOCCCNCc1cc(OC)c(OC)cc1Br. The maximum Gasteiger partial charge on any atom is 0.161 e. The summed E-state index contributed by atoms with van der Waals surface area (Å²) in [6.45, 7) is 5.50. The van der Waals surface area contributed by atoms with Crippen molar-refractivity contribution in [2.45, 2.75) is 26.3 Å². The fourth-order valence-corrected chi connectivity index (χ4v) is 2.26. The molecule has 0 spiro atoms. The lowest BCUT2D eigenvalue weighted by Gasteiger charge is -2.12. The third-order valence-corrected chi connectivity index (χ3v) is 3.60. The maximum atomic E-state index is 5.44. The lowest BCUT2D eigenvalue weighted by molar-refractivity contribution is 0.132. The average Bonchev–Trinajstić information content (AvgIpc) is 2.47. The molecule has 1 N–H and O–H groups in total. The number of halogens is 1. The number of hydrogen-bond acceptors (Lipinski definition) is 4. The molecule has 0 amide bonds. The molecule has 0 aromatic heterocycles. The predicted molar refractivity (Wildman–Crippen MR) is 84.7 cm³/mol. The average molecular weight is 346 g/mol. The van der Waals surface area contributed by atoms with Crippen LogP contribution in [-0.4, -0.2) is 34.0 Å². The molecular formula is C15H24BrNO3. The van der Waals surface area contributed by atoms with E-state index in [-0.39, 0.29) is 0 Å². The molecule has 0 aliphatic heterocycles. The van der Waals surface area contributed by atoms with E-state index in [4.69, 9.17) is 14.2 Å². The summed E-state index contributed by atoms with van der Waals surface area (Å²) in [7, 11) is 3.28. The number of hydrogen-bond donors (Lipinski definition) is 1. The molecular weight excluding hydrogens is 322 g/mol. The molecule has 5 heteroatoms. The molecule has 1 aromatic carbocycles. The minimum Gasteiger partial charge on any atom is -0.493 e. The van der Waals surface area contributed by atoms with Gasteiger partial charge in [0.05, 0.1) is 14.2 Å². The summed E-state index contributed by atoms with van der Waals surface area (Å²) in [5.41, 5.74) is 1.15. The van der Waals surface area contributed by atoms with Crippen LogP contribution >= 0.6 is 15.9 Å². The van der Waals surface area contributed by atoms with Crippen molar-refractivity contribution >= 4 is 15.9 Å². The Hall–Kier alpha value is -0.780. The Morgan fingerprint density at radius 1 is 1.10 bits per heavy atom. The molecule has 4 nitrogen and oxygen atoms in total. The molecule has 0 unspecified atom stereocenters. The molecule has 0 aliphatic carbocycles. The van der Waals surface area contributed by atoms with Crippen molar-refractivity contribution in [2.75, 3.05) is 34.0 Å². The topological polar surface area (TPSA) is 39.7 Å². The van der Waals surface area contributed by atoms with E-state index in [1.165, 1.54) is 0 Å². The first-order valence-electron chi connectivity index (χ1n) is 6.91. The molecule has 0 bridgehead atoms. The number of nitrogens with one attached hydrogen (secondary N) is 1. The summed E-state index contributed by atoms with van der Waals surface area (Å²) in [6.07, 6.45) is 2.09. The van der Waals surface area contributed by atoms with Gasteiger partial charge in [0.1, 0.15) is 0 Å². The lowest BCUT2D eigenvalue weighted by Crippen LogP contribution is -2.17. The van der Waals surface area contributed by atoms with Gasteiger partial charge in [0.15, 0.2) is 11.5 Å². The van der Waals surface area contributed by atoms with Crippen LogP contribution < -0.4 is 14.8 Å². The van der Waals surface area contributed by atoms with Crippen LogP contribution in [0.5, 0.6) is 11.5 Å². The van der Waals surface area contributed by atoms with Gasteiger partial charge in [-0.15, -0.1) is 0 Å². The van der Waals surface area contributed by atoms with Gasteiger partial charge in [-0.05, 0) is 37.1 Å². The van der Waals surface area contributed by atoms with E-state index >= 15 is 0 Å². The molecule has 0 heterocycles. The highest BCUT2D eigenvalue weighted by Crippen LogP contribution is 2.33. The Labute approximate surface area is 129 Å². The number of benzene rings is 1. The smallest absolute Gasteiger partial charge is 0.161 e. The third-order valence-electron chi connectivity index (χ3n) is 2.86. The molecule has 1 aromatic rings. The minimum atomic E-state index is 0.732. The van der Waals surface area contributed by atoms with Crippen LogP contribution in [0.3, 0.4) is 0 Å². The highest BCUT2D eigenvalue weighted by atomic mass is 79.9. The summed E-state index contributed by atoms with van der Waals surface area (Å²) in [6, 6.07) is 3.92. The van der Waals surface area contributed by atoms with Crippen molar-refractivity contribution in [3.05, 3.63) is 22.2 Å². The fourth-order valence-electron chi connectivity index (χ4n) is 1.80. The summed E-state index contributed by atoms with van der Waals surface area (Å²) in [5.74, 6) is 1.48. The molecule has 20 heavy (non-hydrogen) atoms. The van der Waals surface area contributed by atoms with Crippen LogP contribution in [0, 0.1) is 0 Å². The minimum absolute atomic E-state index is 0.732. The van der Waals surface area contributed by atoms with Gasteiger partial charge < -0.3 is 19.5 Å². The standard InChI is InChI=1S/C15H24BrNO3/c1-4-7-20-8-5-6-17-11-12-9-14(18-2)15(19-3)10-13(12)16/h9-10,17H,4-8,11H2,1-3H3. The van der Waals surface area contributed by atoms with Crippen LogP contribution in [-0.2, 0) is 11.3 Å². The monoisotopic (exact) mass is 345 g/mol. The molecule has 1 rings (SSSR count). The van der Waals surface area contributed by atoms with E-state index in [2.05, 4.69) is 28.2 Å². The van der Waals surface area contributed by atoms with Gasteiger partial charge in [-0.25, -0.2) is 0 Å². The van der Waals surface area contributed by atoms with Crippen LogP contribution in [0.4, 0.5) is 0 Å². The van der Waals surface area contributed by atoms with Crippen molar-refractivity contribution in [3.63, 3.8) is 0 Å². The molecule has 0 saturated carbocycles. The van der Waals surface area contributed by atoms with Crippen LogP contribution in [0.1, 0.15) is 25.3 Å². The third kappa shape index (κ3) is 5.69. The van der Waals surface area contributed by atoms with Crippen molar-refractivity contribution < 1.29 is 14.2 Å². The van der Waals surface area contributed by atoms with Gasteiger partial charge in [0.2, 0.25) is 0 Å². The second-order valence-electron chi connectivity index (χ2n) is 4.44. The van der Waals surface area contributed by atoms with Crippen molar-refractivity contribution in [1.82, 2.24) is 5.32 Å². The second kappa shape index (κ2) is 10.0. The van der Waals surface area contributed by atoms with Crippen LogP contribution in [0.2, 0.25) is 0 Å². The van der Waals surface area contributed by atoms with E-state index in [1.807, 2.05) is 12.1 Å². The van der Waals surface area contributed by atoms with E-state index in [9.17, 15) is 0 Å². The van der Waals surface area contributed by atoms with Crippen molar-refractivity contribution in [2.24, 2.45) is 0 Å². The van der Waals surface area contributed by atoms with Crippen molar-refractivity contribution in [1.29, 1.82) is 0 Å². The summed E-state index contributed by atoms with van der Waals surface area (Å²) in [4.78, 5) is 0. The maximum absolute atomic E-state index is 5.44. The zero-order valence-corrected chi connectivity index (χ0v) is 14.1. The Morgan fingerprint density at radius 2 is 1.80 bits per heavy atom. The highest BCUT2D eigenvalue weighted by molar-refractivity contribution is 9.10. The number of methoxy groups -OCH3 is 2.